The topological polar surface area (TPSA) is 89.5 Å². The summed E-state index contributed by atoms with van der Waals surface area (Å²) in [5.74, 6) is -2.33. The Morgan fingerprint density at radius 3 is 2.55 bits per heavy atom. The summed E-state index contributed by atoms with van der Waals surface area (Å²) in [7, 11) is -3.40. The molecule has 1 saturated heterocycles. The van der Waals surface area contributed by atoms with Gasteiger partial charge in [-0.2, -0.15) is 8.78 Å². The molecule has 10 heteroatoms. The number of piperidine rings is 1. The van der Waals surface area contributed by atoms with Gasteiger partial charge in [0.1, 0.15) is 0 Å². The van der Waals surface area contributed by atoms with Crippen LogP contribution in [0.5, 0.6) is 5.75 Å². The van der Waals surface area contributed by atoms with Crippen molar-refractivity contribution >= 4 is 21.7 Å². The minimum absolute atomic E-state index is 0.00825. The molecule has 1 atom stereocenters. The van der Waals surface area contributed by atoms with Gasteiger partial charge in [0, 0.05) is 17.8 Å². The van der Waals surface area contributed by atoms with Crippen LogP contribution in [0.2, 0.25) is 0 Å². The third kappa shape index (κ3) is 6.44. The average Bonchev–Trinajstić information content (AvgIpc) is 3.44. The molecule has 1 aliphatic carbocycles. The van der Waals surface area contributed by atoms with E-state index in [1.807, 2.05) is 0 Å². The maximum absolute atomic E-state index is 13.7. The zero-order valence-corrected chi connectivity index (χ0v) is 17.9. The number of alkyl halides is 2. The molecule has 0 bridgehead atoms. The van der Waals surface area contributed by atoms with Gasteiger partial charge in [0.25, 0.3) is 0 Å². The number of hydrogen-bond donors (Lipinski definition) is 1. The number of halogens is 3. The molecule has 1 aliphatic heterocycles. The minimum atomic E-state index is -3.40. The number of carbonyl (C=O) groups is 2. The Morgan fingerprint density at radius 1 is 1.16 bits per heavy atom. The van der Waals surface area contributed by atoms with Crippen molar-refractivity contribution in [1.82, 2.24) is 5.32 Å². The predicted molar refractivity (Wildman–Crippen MR) is 107 cm³/mol. The second-order valence-corrected chi connectivity index (χ2v) is 10.6. The number of ether oxygens (including phenoxy) is 1. The van der Waals surface area contributed by atoms with Crippen LogP contribution in [0.3, 0.4) is 0 Å². The van der Waals surface area contributed by atoms with Crippen molar-refractivity contribution in [2.45, 2.75) is 63.4 Å². The lowest BCUT2D eigenvalue weighted by atomic mass is 9.92. The molecule has 172 valence electrons. The number of amides is 2. The van der Waals surface area contributed by atoms with Crippen molar-refractivity contribution in [3.8, 4) is 5.75 Å². The second kappa shape index (κ2) is 9.58. The number of unbranched alkanes of at least 4 members (excludes halogenated alkanes) is 2. The molecule has 1 heterocycles. The summed E-state index contributed by atoms with van der Waals surface area (Å²) in [4.78, 5) is 22.9. The van der Waals surface area contributed by atoms with Gasteiger partial charge >= 0.3 is 6.61 Å². The minimum Gasteiger partial charge on any atom is -0.432 e. The molecule has 3 rings (SSSR count). The van der Waals surface area contributed by atoms with Gasteiger partial charge in [0.15, 0.2) is 21.4 Å². The molecular weight excluding hydrogens is 435 g/mol. The number of imide groups is 1. The monoisotopic (exact) mass is 461 g/mol. The maximum Gasteiger partial charge on any atom is 0.387 e. The zero-order valence-electron chi connectivity index (χ0n) is 17.0. The van der Waals surface area contributed by atoms with Crippen LogP contribution in [0.4, 0.5) is 13.2 Å². The van der Waals surface area contributed by atoms with E-state index >= 15 is 0 Å². The Bertz CT molecular complexity index is 931. The van der Waals surface area contributed by atoms with Crippen LogP contribution in [0.1, 0.15) is 56.9 Å². The lowest BCUT2D eigenvalue weighted by Crippen LogP contribution is -2.40. The van der Waals surface area contributed by atoms with Gasteiger partial charge in [-0.3, -0.25) is 14.9 Å². The van der Waals surface area contributed by atoms with Crippen LogP contribution in [-0.4, -0.2) is 38.3 Å². The predicted octanol–water partition coefficient (Wildman–Crippen LogP) is 3.49. The maximum atomic E-state index is 13.7. The van der Waals surface area contributed by atoms with Gasteiger partial charge in [0.05, 0.1) is 11.5 Å². The summed E-state index contributed by atoms with van der Waals surface area (Å²) in [6.45, 7) is -3.16. The zero-order chi connectivity index (χ0) is 22.6. The van der Waals surface area contributed by atoms with Crippen LogP contribution in [0.25, 0.3) is 0 Å². The SMILES string of the molecule is O=C1CCC(CCCCCS(=O)(=O)CC2(c3ccc(F)c(OC(F)F)c3)CC2)C(=O)N1. The highest BCUT2D eigenvalue weighted by atomic mass is 32.2. The third-order valence-corrected chi connectivity index (χ3v) is 7.87. The first-order valence-electron chi connectivity index (χ1n) is 10.4. The molecule has 0 spiro atoms. The van der Waals surface area contributed by atoms with E-state index in [-0.39, 0.29) is 29.2 Å². The lowest BCUT2D eigenvalue weighted by molar-refractivity contribution is -0.136. The molecular formula is C21H26F3NO5S. The summed E-state index contributed by atoms with van der Waals surface area (Å²) in [5.41, 5.74) is -0.189. The first-order valence-corrected chi connectivity index (χ1v) is 12.2. The molecule has 1 aromatic rings. The Morgan fingerprint density at radius 2 is 1.90 bits per heavy atom. The van der Waals surface area contributed by atoms with E-state index in [0.29, 0.717) is 56.9 Å². The van der Waals surface area contributed by atoms with Crippen LogP contribution >= 0.6 is 0 Å². The van der Waals surface area contributed by atoms with Crippen molar-refractivity contribution in [2.24, 2.45) is 5.92 Å². The van der Waals surface area contributed by atoms with Crippen molar-refractivity contribution in [2.75, 3.05) is 11.5 Å². The standard InChI is InChI=1S/C21H26F3NO5S/c22-16-7-6-15(12-17(16)30-20(23)24)21(9-10-21)13-31(28,29)11-3-1-2-4-14-5-8-18(26)25-19(14)27/h6-7,12,14,20H,1-5,8-11,13H2,(H,25,26,27). The van der Waals surface area contributed by atoms with Crippen LogP contribution < -0.4 is 10.1 Å². The first kappa shape index (κ1) is 23.6. The molecule has 6 nitrogen and oxygen atoms in total. The van der Waals surface area contributed by atoms with Gasteiger partial charge < -0.3 is 4.74 Å². The number of hydrogen-bond acceptors (Lipinski definition) is 5. The first-order chi connectivity index (χ1) is 14.6. The van der Waals surface area contributed by atoms with E-state index in [2.05, 4.69) is 10.1 Å². The van der Waals surface area contributed by atoms with Crippen molar-refractivity contribution in [3.05, 3.63) is 29.6 Å². The Kier molecular flexibility index (Phi) is 7.28. The second-order valence-electron chi connectivity index (χ2n) is 8.39. The van der Waals surface area contributed by atoms with Crippen molar-refractivity contribution < 1.29 is 35.9 Å². The number of nitrogens with one attached hydrogen (secondary N) is 1. The highest BCUT2D eigenvalue weighted by Gasteiger charge is 2.47. The smallest absolute Gasteiger partial charge is 0.387 e. The van der Waals surface area contributed by atoms with E-state index in [0.717, 1.165) is 6.07 Å². The van der Waals surface area contributed by atoms with Gasteiger partial charge in [-0.15, -0.1) is 0 Å². The van der Waals surface area contributed by atoms with E-state index in [4.69, 9.17) is 0 Å². The molecule has 1 aromatic carbocycles. The van der Waals surface area contributed by atoms with Gasteiger partial charge in [-0.1, -0.05) is 18.9 Å². The highest BCUT2D eigenvalue weighted by Crippen LogP contribution is 2.50. The fraction of sp³-hybridized carbons (Fsp3) is 0.619. The molecule has 1 N–H and O–H groups in total. The Hall–Kier alpha value is -2.10. The van der Waals surface area contributed by atoms with Crippen LogP contribution in [-0.2, 0) is 24.8 Å². The molecule has 2 aliphatic rings. The number of sulfone groups is 1. The lowest BCUT2D eigenvalue weighted by Gasteiger charge is -2.20. The molecule has 1 unspecified atom stereocenters. The fourth-order valence-corrected chi connectivity index (χ4v) is 6.17. The molecule has 31 heavy (non-hydrogen) atoms. The average molecular weight is 462 g/mol. The van der Waals surface area contributed by atoms with E-state index < -0.39 is 33.4 Å². The van der Waals surface area contributed by atoms with Crippen molar-refractivity contribution in [3.63, 3.8) is 0 Å². The normalized spacial score (nSPS) is 20.6. The van der Waals surface area contributed by atoms with Crippen molar-refractivity contribution in [1.29, 1.82) is 0 Å². The Balaban J connectivity index is 1.48. The molecule has 0 aromatic heterocycles. The number of rotatable bonds is 11. The highest BCUT2D eigenvalue weighted by molar-refractivity contribution is 7.91. The van der Waals surface area contributed by atoms with E-state index in [1.165, 1.54) is 12.1 Å². The third-order valence-electron chi connectivity index (χ3n) is 5.97. The summed E-state index contributed by atoms with van der Waals surface area (Å²) >= 11 is 0. The summed E-state index contributed by atoms with van der Waals surface area (Å²) in [6.07, 6.45) is 4.44. The summed E-state index contributed by atoms with van der Waals surface area (Å²) < 4.78 is 68.0. The Labute approximate surface area is 179 Å². The quantitative estimate of drug-likeness (QED) is 0.403. The fourth-order valence-electron chi connectivity index (χ4n) is 4.08. The summed E-state index contributed by atoms with van der Waals surface area (Å²) in [5, 5.41) is 2.31. The largest absolute Gasteiger partial charge is 0.432 e. The number of carbonyl (C=O) groups excluding carboxylic acids is 2. The molecule has 2 fully saturated rings. The number of benzene rings is 1. The van der Waals surface area contributed by atoms with Crippen LogP contribution in [0, 0.1) is 11.7 Å². The van der Waals surface area contributed by atoms with E-state index in [9.17, 15) is 31.2 Å². The van der Waals surface area contributed by atoms with Crippen LogP contribution in [0.15, 0.2) is 18.2 Å². The molecule has 2 amide bonds. The van der Waals surface area contributed by atoms with E-state index in [1.54, 1.807) is 0 Å². The van der Waals surface area contributed by atoms with Gasteiger partial charge in [-0.05, 0) is 49.8 Å². The molecule has 0 radical (unpaired) electrons. The van der Waals surface area contributed by atoms with Gasteiger partial charge in [0.2, 0.25) is 11.8 Å². The van der Waals surface area contributed by atoms with Gasteiger partial charge in [-0.25, -0.2) is 12.8 Å². The molecule has 1 saturated carbocycles. The summed E-state index contributed by atoms with van der Waals surface area (Å²) in [6, 6.07) is 3.62.